The molecule has 0 saturated carbocycles. The molecule has 0 saturated heterocycles. The lowest BCUT2D eigenvalue weighted by molar-refractivity contribution is -0.120. The van der Waals surface area contributed by atoms with Crippen molar-refractivity contribution in [2.24, 2.45) is 11.7 Å². The predicted octanol–water partition coefficient (Wildman–Crippen LogP) is 0.570. The average molecular weight is 241 g/mol. The van der Waals surface area contributed by atoms with Crippen LogP contribution >= 0.6 is 11.3 Å². The van der Waals surface area contributed by atoms with Gasteiger partial charge in [-0.1, -0.05) is 13.8 Å². The molecule has 0 aliphatic rings. The molecule has 0 fully saturated rings. The van der Waals surface area contributed by atoms with Crippen LogP contribution in [0.15, 0.2) is 11.4 Å². The Hall–Kier alpha value is -1.56. The van der Waals surface area contributed by atoms with Gasteiger partial charge in [0, 0.05) is 0 Å². The molecule has 1 atom stereocenters. The van der Waals surface area contributed by atoms with E-state index in [1.54, 1.807) is 11.4 Å². The van der Waals surface area contributed by atoms with Gasteiger partial charge in [-0.15, -0.1) is 11.3 Å². The van der Waals surface area contributed by atoms with Gasteiger partial charge >= 0.3 is 0 Å². The fourth-order valence-corrected chi connectivity index (χ4v) is 2.00. The zero-order valence-corrected chi connectivity index (χ0v) is 10.0. The third-order valence-electron chi connectivity index (χ3n) is 2.16. The number of thiophene rings is 1. The molecule has 1 aromatic rings. The van der Waals surface area contributed by atoms with Crippen LogP contribution in [0.2, 0.25) is 0 Å². The van der Waals surface area contributed by atoms with E-state index in [4.69, 9.17) is 11.5 Å². The summed E-state index contributed by atoms with van der Waals surface area (Å²) in [5, 5.41) is 4.30. The van der Waals surface area contributed by atoms with Gasteiger partial charge in [-0.3, -0.25) is 9.59 Å². The van der Waals surface area contributed by atoms with Crippen LogP contribution in [0, 0.1) is 5.92 Å². The first-order chi connectivity index (χ1) is 7.43. The maximum atomic E-state index is 11.8. The number of amides is 2. The summed E-state index contributed by atoms with van der Waals surface area (Å²) in [5.41, 5.74) is 11.2. The second-order valence-electron chi connectivity index (χ2n) is 3.80. The molecule has 0 aliphatic carbocycles. The maximum absolute atomic E-state index is 11.8. The number of nitrogen functional groups attached to an aromatic ring is 1. The SMILES string of the molecule is CC(C)C(NC(=O)c1sccc1N)C(N)=O. The van der Waals surface area contributed by atoms with Crippen LogP contribution in [0.5, 0.6) is 0 Å². The van der Waals surface area contributed by atoms with Gasteiger partial charge in [0.15, 0.2) is 0 Å². The second kappa shape index (κ2) is 4.98. The van der Waals surface area contributed by atoms with E-state index in [-0.39, 0.29) is 11.8 Å². The number of hydrogen-bond acceptors (Lipinski definition) is 4. The van der Waals surface area contributed by atoms with E-state index in [1.807, 2.05) is 13.8 Å². The number of rotatable bonds is 4. The Labute approximate surface area is 97.8 Å². The molecule has 5 nitrogen and oxygen atoms in total. The number of primary amides is 1. The van der Waals surface area contributed by atoms with Crippen molar-refractivity contribution in [3.8, 4) is 0 Å². The Morgan fingerprint density at radius 1 is 1.44 bits per heavy atom. The van der Waals surface area contributed by atoms with Crippen LogP contribution in [0.1, 0.15) is 23.5 Å². The van der Waals surface area contributed by atoms with Crippen molar-refractivity contribution >= 4 is 28.8 Å². The Bertz CT molecular complexity index is 401. The first-order valence-corrected chi connectivity index (χ1v) is 5.74. The van der Waals surface area contributed by atoms with Crippen molar-refractivity contribution in [1.29, 1.82) is 0 Å². The summed E-state index contributed by atoms with van der Waals surface area (Å²) in [5.74, 6) is -0.953. The van der Waals surface area contributed by atoms with E-state index in [0.717, 1.165) is 0 Å². The van der Waals surface area contributed by atoms with Crippen molar-refractivity contribution < 1.29 is 9.59 Å². The van der Waals surface area contributed by atoms with Crippen molar-refractivity contribution in [2.75, 3.05) is 5.73 Å². The summed E-state index contributed by atoms with van der Waals surface area (Å²) < 4.78 is 0. The minimum Gasteiger partial charge on any atom is -0.397 e. The molecule has 1 aromatic heterocycles. The molecule has 16 heavy (non-hydrogen) atoms. The molecule has 1 rings (SSSR count). The normalized spacial score (nSPS) is 12.4. The molecule has 0 spiro atoms. The van der Waals surface area contributed by atoms with Crippen LogP contribution in [-0.4, -0.2) is 17.9 Å². The highest BCUT2D eigenvalue weighted by Gasteiger charge is 2.23. The summed E-state index contributed by atoms with van der Waals surface area (Å²) in [6.45, 7) is 3.63. The zero-order chi connectivity index (χ0) is 12.3. The van der Waals surface area contributed by atoms with E-state index in [9.17, 15) is 9.59 Å². The second-order valence-corrected chi connectivity index (χ2v) is 4.72. The number of nitrogens with two attached hydrogens (primary N) is 2. The van der Waals surface area contributed by atoms with Gasteiger partial charge in [-0.25, -0.2) is 0 Å². The standard InChI is InChI=1S/C10H15N3O2S/c1-5(2)7(9(12)14)13-10(15)8-6(11)3-4-16-8/h3-5,7H,11H2,1-2H3,(H2,12,14)(H,13,15). The lowest BCUT2D eigenvalue weighted by Gasteiger charge is -2.18. The van der Waals surface area contributed by atoms with Crippen molar-refractivity contribution in [1.82, 2.24) is 5.32 Å². The molecule has 2 amide bonds. The van der Waals surface area contributed by atoms with Gasteiger partial charge in [0.2, 0.25) is 5.91 Å². The van der Waals surface area contributed by atoms with Gasteiger partial charge < -0.3 is 16.8 Å². The summed E-state index contributed by atoms with van der Waals surface area (Å²) in [6, 6.07) is 0.975. The Morgan fingerprint density at radius 2 is 2.06 bits per heavy atom. The maximum Gasteiger partial charge on any atom is 0.264 e. The van der Waals surface area contributed by atoms with Gasteiger partial charge in [0.05, 0.1) is 5.69 Å². The summed E-state index contributed by atoms with van der Waals surface area (Å²) in [4.78, 5) is 23.3. The van der Waals surface area contributed by atoms with Crippen LogP contribution in [0.25, 0.3) is 0 Å². The first-order valence-electron chi connectivity index (χ1n) is 4.86. The summed E-state index contributed by atoms with van der Waals surface area (Å²) >= 11 is 1.23. The quantitative estimate of drug-likeness (QED) is 0.718. The summed E-state index contributed by atoms with van der Waals surface area (Å²) in [7, 11) is 0. The lowest BCUT2D eigenvalue weighted by atomic mass is 10.0. The zero-order valence-electron chi connectivity index (χ0n) is 9.19. The van der Waals surface area contributed by atoms with Crippen LogP contribution in [0.3, 0.4) is 0 Å². The molecule has 1 unspecified atom stereocenters. The number of anilines is 1. The molecule has 5 N–H and O–H groups in total. The topological polar surface area (TPSA) is 98.2 Å². The Kier molecular flexibility index (Phi) is 3.89. The van der Waals surface area contributed by atoms with Crippen molar-refractivity contribution in [3.63, 3.8) is 0 Å². The third kappa shape index (κ3) is 2.73. The van der Waals surface area contributed by atoms with Crippen LogP contribution in [-0.2, 0) is 4.79 Å². The molecule has 0 bridgehead atoms. The Morgan fingerprint density at radius 3 is 2.44 bits per heavy atom. The smallest absolute Gasteiger partial charge is 0.264 e. The number of hydrogen-bond donors (Lipinski definition) is 3. The summed E-state index contributed by atoms with van der Waals surface area (Å²) in [6.07, 6.45) is 0. The monoisotopic (exact) mass is 241 g/mol. The van der Waals surface area contributed by atoms with Crippen molar-refractivity contribution in [3.05, 3.63) is 16.3 Å². The molecule has 6 heteroatoms. The van der Waals surface area contributed by atoms with Crippen LogP contribution in [0.4, 0.5) is 5.69 Å². The molecule has 0 radical (unpaired) electrons. The highest BCUT2D eigenvalue weighted by molar-refractivity contribution is 7.12. The fraction of sp³-hybridized carbons (Fsp3) is 0.400. The molecule has 1 heterocycles. The van der Waals surface area contributed by atoms with Gasteiger partial charge in [-0.05, 0) is 17.4 Å². The minimum atomic E-state index is -0.672. The highest BCUT2D eigenvalue weighted by Crippen LogP contribution is 2.18. The molecule has 88 valence electrons. The van der Waals surface area contributed by atoms with Crippen LogP contribution < -0.4 is 16.8 Å². The van der Waals surface area contributed by atoms with E-state index < -0.39 is 11.9 Å². The van der Waals surface area contributed by atoms with E-state index in [0.29, 0.717) is 10.6 Å². The van der Waals surface area contributed by atoms with E-state index in [1.165, 1.54) is 11.3 Å². The largest absolute Gasteiger partial charge is 0.397 e. The third-order valence-corrected chi connectivity index (χ3v) is 3.09. The molecular weight excluding hydrogens is 226 g/mol. The van der Waals surface area contributed by atoms with Crippen molar-refractivity contribution in [2.45, 2.75) is 19.9 Å². The minimum absolute atomic E-state index is 0.0531. The average Bonchev–Trinajstić information content (AvgIpc) is 2.59. The Balaban J connectivity index is 2.77. The fourth-order valence-electron chi connectivity index (χ4n) is 1.28. The molecule has 0 aromatic carbocycles. The van der Waals surface area contributed by atoms with E-state index >= 15 is 0 Å². The number of nitrogens with one attached hydrogen (secondary N) is 1. The first kappa shape index (κ1) is 12.5. The molecule has 0 aliphatic heterocycles. The number of carbonyl (C=O) groups excluding carboxylic acids is 2. The lowest BCUT2D eigenvalue weighted by Crippen LogP contribution is -2.47. The predicted molar refractivity (Wildman–Crippen MR) is 64.0 cm³/mol. The molecular formula is C10H15N3O2S. The number of carbonyl (C=O) groups is 2. The van der Waals surface area contributed by atoms with Gasteiger partial charge in [0.25, 0.3) is 5.91 Å². The highest BCUT2D eigenvalue weighted by atomic mass is 32.1. The van der Waals surface area contributed by atoms with Gasteiger partial charge in [-0.2, -0.15) is 0 Å². The van der Waals surface area contributed by atoms with E-state index in [2.05, 4.69) is 5.32 Å². The van der Waals surface area contributed by atoms with Gasteiger partial charge in [0.1, 0.15) is 10.9 Å².